The molecule has 0 amide bonds. The van der Waals surface area contributed by atoms with Crippen molar-refractivity contribution in [1.29, 1.82) is 0 Å². The molecule has 0 aliphatic heterocycles. The van der Waals surface area contributed by atoms with E-state index in [0.29, 0.717) is 23.3 Å². The molecule has 0 spiro atoms. The van der Waals surface area contributed by atoms with Gasteiger partial charge in [0.15, 0.2) is 23.3 Å². The molecule has 0 saturated carbocycles. The Bertz CT molecular complexity index is 9980. The summed E-state index contributed by atoms with van der Waals surface area (Å²) in [5.41, 5.74) is 31.0. The summed E-state index contributed by atoms with van der Waals surface area (Å²) in [4.78, 5) is 40.1. The van der Waals surface area contributed by atoms with E-state index in [2.05, 4.69) is 448 Å². The molecule has 19 aromatic carbocycles. The fourth-order valence-electron chi connectivity index (χ4n) is 22.1. The molecule has 0 fully saturated rings. The zero-order valence-electron chi connectivity index (χ0n) is 76.2. The molecule has 2 aliphatic rings. The number of fused-ring (bicyclic) bond motifs is 25. The zero-order chi connectivity index (χ0) is 93.4. The van der Waals surface area contributed by atoms with Crippen LogP contribution in [0.2, 0.25) is 0 Å². The van der Waals surface area contributed by atoms with Crippen LogP contribution in [-0.2, 0) is 0 Å². The molecule has 0 radical (unpaired) electrons. The first-order valence-electron chi connectivity index (χ1n) is 47.6. The number of thiophene rings is 3. The van der Waals surface area contributed by atoms with Gasteiger partial charge in [0.1, 0.15) is 31.6 Å². The van der Waals surface area contributed by atoms with Crippen molar-refractivity contribution in [3.05, 3.63) is 483 Å². The Hall–Kier alpha value is -18.0. The second kappa shape index (κ2) is 34.0. The first-order valence-corrected chi connectivity index (χ1v) is 50.1. The summed E-state index contributed by atoms with van der Waals surface area (Å²) in [6.45, 7) is 0. The highest BCUT2D eigenvalue weighted by atomic mass is 32.1. The molecule has 30 rings (SSSR count). The topological polar surface area (TPSA) is 131 Å². The Morgan fingerprint density at radius 2 is 0.648 bits per heavy atom. The minimum absolute atomic E-state index is 0.130. The van der Waals surface area contributed by atoms with E-state index in [1.54, 1.807) is 31.6 Å². The van der Waals surface area contributed by atoms with Crippen LogP contribution in [0.5, 0.6) is 0 Å². The van der Waals surface area contributed by atoms with Gasteiger partial charge in [-0.15, -0.1) is 34.0 Å². The summed E-state index contributed by atoms with van der Waals surface area (Å²) >= 11 is 5.66. The van der Waals surface area contributed by atoms with Crippen LogP contribution in [0.25, 0.3) is 245 Å². The lowest BCUT2D eigenvalue weighted by atomic mass is 9.86. The maximum Gasteiger partial charge on any atom is 0.163 e. The Morgan fingerprint density at radius 1 is 0.225 bits per heavy atom. The van der Waals surface area contributed by atoms with Crippen LogP contribution in [0, 0.1) is 0 Å². The van der Waals surface area contributed by atoms with E-state index in [4.69, 9.17) is 4.98 Å². The van der Waals surface area contributed by atoms with Crippen LogP contribution in [0.15, 0.2) is 450 Å². The van der Waals surface area contributed by atoms with Gasteiger partial charge in [0.25, 0.3) is 0 Å². The molecule has 0 saturated heterocycles. The molecule has 9 aromatic heterocycles. The summed E-state index contributed by atoms with van der Waals surface area (Å²) in [5, 5.41) is 17.8. The number of rotatable bonds is 12. The molecule has 0 atom stereocenters. The van der Waals surface area contributed by atoms with Crippen LogP contribution < -0.4 is 10.4 Å². The number of hydrogen-bond donors (Lipinski definition) is 0. The van der Waals surface area contributed by atoms with Crippen molar-refractivity contribution >= 4 is 172 Å². The Balaban J connectivity index is 0.000000104. The summed E-state index contributed by atoms with van der Waals surface area (Å²) in [6.07, 6.45) is 11.2. The van der Waals surface area contributed by atoms with Gasteiger partial charge in [-0.25, -0.2) is 44.9 Å². The first kappa shape index (κ1) is 82.3. The highest BCUT2D eigenvalue weighted by molar-refractivity contribution is 7.28. The number of hydrogen-bond acceptors (Lipinski definition) is 12. The van der Waals surface area contributed by atoms with Crippen molar-refractivity contribution in [3.63, 3.8) is 0 Å². The Kier molecular flexibility index (Phi) is 19.7. The fourth-order valence-corrected chi connectivity index (χ4v) is 26.0. The lowest BCUT2D eigenvalue weighted by Gasteiger charge is -2.18. The van der Waals surface area contributed by atoms with Crippen LogP contribution in [-0.4, -0.2) is 58.6 Å². The lowest BCUT2D eigenvalue weighted by molar-refractivity contribution is 1.03. The average molecular weight is 1870 g/mol. The molecule has 0 unspecified atom stereocenters. The Morgan fingerprint density at radius 3 is 1.25 bits per heavy atom. The number of aromatic nitrogens is 12. The van der Waals surface area contributed by atoms with Gasteiger partial charge in [-0.1, -0.05) is 291 Å². The molecule has 0 N–H and O–H groups in total. The van der Waals surface area contributed by atoms with Crippen molar-refractivity contribution in [2.75, 3.05) is 0 Å². The van der Waals surface area contributed by atoms with E-state index in [-0.39, 0.29) is 5.92 Å². The molecule has 28 aromatic rings. The maximum absolute atomic E-state index is 4.89. The molecule has 142 heavy (non-hydrogen) atoms. The monoisotopic (exact) mass is 1870 g/mol. The molecule has 2 aliphatic carbocycles. The average Bonchev–Trinajstić information content (AvgIpc) is 1.55. The van der Waals surface area contributed by atoms with Crippen molar-refractivity contribution in [1.82, 2.24) is 58.6 Å². The summed E-state index contributed by atoms with van der Waals surface area (Å²) < 4.78 is 15.0. The van der Waals surface area contributed by atoms with Crippen molar-refractivity contribution in [2.24, 2.45) is 0 Å². The van der Waals surface area contributed by atoms with Gasteiger partial charge in [-0.3, -0.25) is 0 Å². The molecular weight excluding hydrogens is 1790 g/mol. The van der Waals surface area contributed by atoms with E-state index >= 15 is 0 Å². The molecule has 664 valence electrons. The molecule has 0 bridgehead atoms. The predicted molar refractivity (Wildman–Crippen MR) is 589 cm³/mol. The number of benzene rings is 19. The van der Waals surface area contributed by atoms with Crippen LogP contribution >= 0.6 is 34.0 Å². The highest BCUT2D eigenvalue weighted by Crippen LogP contribution is 2.56. The minimum Gasteiger partial charge on any atom is -0.309 e. The molecule has 9 heterocycles. The standard InChI is InChI=1S/C45H28N4S.C42H26N4S.C40H24N4S/c1-4-11-29(12-5-1)33-23-34(30-13-6-2-7-14-30)25-35(24-33)49-40-21-19-32(45-47-27-46-28-48-45)26-39(40)42-41(49)22-20-38-37-18-10-17-36(43(37)50-44(38)42)31-15-8-3-9-16-31;1-3-10-27(11-4-1)41-43-25-44-42(45-41)29-16-20-36-35(24-29)39-37(46(36)30-12-5-2-6-13-30)21-19-33-34-23-28(17-22-38(34)47-40(33)39)32-18-15-26-9-7-8-14-31(26)32;1-2-10-25(11-3-1)44-33-19-18-24(40-42-22-41-23-43-40)20-31(33)38-34(44)21-32(37-30-16-8-9-17-35(30)45-39(37)38)36-28-14-6-4-12-26(28)27-13-5-7-15-29(27)36/h1-28H;1-17,19-25H,18H2;1-23,36H. The van der Waals surface area contributed by atoms with Gasteiger partial charge >= 0.3 is 0 Å². The Labute approximate surface area is 826 Å². The maximum atomic E-state index is 4.89. The first-order chi connectivity index (χ1) is 70.4. The van der Waals surface area contributed by atoms with E-state index < -0.39 is 0 Å². The molecule has 12 nitrogen and oxygen atoms in total. The highest BCUT2D eigenvalue weighted by Gasteiger charge is 2.34. The number of nitrogens with zero attached hydrogens (tertiary/aromatic N) is 12. The van der Waals surface area contributed by atoms with Crippen molar-refractivity contribution in [3.8, 4) is 107 Å². The van der Waals surface area contributed by atoms with Crippen LogP contribution in [0.4, 0.5) is 0 Å². The van der Waals surface area contributed by atoms with E-state index in [1.165, 1.54) is 187 Å². The van der Waals surface area contributed by atoms with Gasteiger partial charge in [-0.05, 0) is 223 Å². The van der Waals surface area contributed by atoms with E-state index in [0.717, 1.165) is 67.8 Å². The molecular formula is C127H78N12S3. The van der Waals surface area contributed by atoms with E-state index in [1.807, 2.05) is 64.3 Å². The summed E-state index contributed by atoms with van der Waals surface area (Å²) in [7, 11) is 0. The fraction of sp³-hybridized carbons (Fsp3) is 0.0157. The van der Waals surface area contributed by atoms with Crippen molar-refractivity contribution in [2.45, 2.75) is 12.3 Å². The predicted octanol–water partition coefficient (Wildman–Crippen LogP) is 31.2. The van der Waals surface area contributed by atoms with Crippen LogP contribution in [0.1, 0.15) is 34.6 Å². The number of para-hydroxylation sites is 2. The third kappa shape index (κ3) is 13.7. The van der Waals surface area contributed by atoms with Crippen molar-refractivity contribution < 1.29 is 0 Å². The largest absolute Gasteiger partial charge is 0.309 e. The van der Waals surface area contributed by atoms with Gasteiger partial charge in [-0.2, -0.15) is 0 Å². The van der Waals surface area contributed by atoms with Gasteiger partial charge < -0.3 is 13.7 Å². The second-order valence-electron chi connectivity index (χ2n) is 36.2. The zero-order valence-corrected chi connectivity index (χ0v) is 78.6. The summed E-state index contributed by atoms with van der Waals surface area (Å²) in [5.74, 6) is 2.81. The van der Waals surface area contributed by atoms with Gasteiger partial charge in [0, 0.05) is 138 Å². The quantitative estimate of drug-likeness (QED) is 0.117. The lowest BCUT2D eigenvalue weighted by Crippen LogP contribution is -2.21. The second-order valence-corrected chi connectivity index (χ2v) is 39.3. The SMILES string of the molecule is C1=c2ccccc2=C(c2ccc3sc4c(ccc5c4c4cc(-c6ncnc(-c7ccccc7)n6)ccc4n5-c4ccccc4)c3c2)C1.c1ccc(-c2cc(-c3ccccc3)cc(-n3c4ccc(-c5ncncn5)cc4c4c5sc6c(-c7ccccc7)cccc6c5ccc43)c2)cc1.c1ccc(-n2c3ccc(-c4ncncn4)cc3c3c4sc5ccccc5c4c(C4c5ccccc5-c5ccccc54)cc32)cc1. The third-order valence-corrected chi connectivity index (χ3v) is 32.0. The van der Waals surface area contributed by atoms with Gasteiger partial charge in [0.2, 0.25) is 0 Å². The van der Waals surface area contributed by atoms with Gasteiger partial charge in [0.05, 0.1) is 33.1 Å². The van der Waals surface area contributed by atoms with E-state index in [9.17, 15) is 0 Å². The normalized spacial score (nSPS) is 12.4. The third-order valence-electron chi connectivity index (χ3n) is 28.3. The minimum atomic E-state index is 0.130. The summed E-state index contributed by atoms with van der Waals surface area (Å²) in [6, 6.07) is 151. The molecule has 15 heteroatoms. The van der Waals surface area contributed by atoms with Crippen LogP contribution in [0.3, 0.4) is 0 Å². The smallest absolute Gasteiger partial charge is 0.163 e.